The second-order valence-electron chi connectivity index (χ2n) is 0.964. The van der Waals surface area contributed by atoms with Gasteiger partial charge >= 0.3 is 25.0 Å². The van der Waals surface area contributed by atoms with E-state index in [0.717, 1.165) is 0 Å². The van der Waals surface area contributed by atoms with Gasteiger partial charge in [0.2, 0.25) is 0 Å². The fourth-order valence-electron chi connectivity index (χ4n) is 0.0668. The third-order valence-electron chi connectivity index (χ3n) is 0.374. The summed E-state index contributed by atoms with van der Waals surface area (Å²) in [5, 5.41) is 9.02. The van der Waals surface area contributed by atoms with Gasteiger partial charge < -0.3 is 5.11 Å². The van der Waals surface area contributed by atoms with Crippen molar-refractivity contribution in [2.45, 2.75) is 6.18 Å². The summed E-state index contributed by atoms with van der Waals surface area (Å²) < 4.78 is 43.5. The van der Waals surface area contributed by atoms with Crippen molar-refractivity contribution >= 4 is 0 Å². The Morgan fingerprint density at radius 2 is 1.67 bits per heavy atom. The smallest absolute Gasteiger partial charge is 0.876 e. The number of allylic oxidation sites excluding steroid dienone is 1. The molecular formula is C3HF4LiO. The zero-order valence-corrected chi connectivity index (χ0v) is 4.50. The molecule has 0 aromatic rings. The van der Waals surface area contributed by atoms with E-state index < -0.39 is 18.3 Å². The van der Waals surface area contributed by atoms with Crippen molar-refractivity contribution in [1.82, 2.24) is 0 Å². The van der Waals surface area contributed by atoms with Gasteiger partial charge in [-0.25, -0.2) is 4.39 Å². The van der Waals surface area contributed by atoms with E-state index in [-0.39, 0.29) is 18.9 Å². The molecule has 0 rings (SSSR count). The Balaban J connectivity index is 0. The monoisotopic (exact) mass is 136 g/mol. The van der Waals surface area contributed by atoms with Crippen LogP contribution in [0.3, 0.4) is 0 Å². The summed E-state index contributed by atoms with van der Waals surface area (Å²) in [5.74, 6) is -2.60. The van der Waals surface area contributed by atoms with Gasteiger partial charge in [0, 0.05) is 0 Å². The van der Waals surface area contributed by atoms with Crippen molar-refractivity contribution in [3.8, 4) is 0 Å². The molecule has 6 heteroatoms. The van der Waals surface area contributed by atoms with Crippen LogP contribution in [0.25, 0.3) is 0 Å². The first-order valence-electron chi connectivity index (χ1n) is 1.53. The summed E-state index contributed by atoms with van der Waals surface area (Å²) in [7, 11) is 0. The molecule has 48 valence electrons. The summed E-state index contributed by atoms with van der Waals surface area (Å²) in [6.07, 6.45) is -5.98. The Labute approximate surface area is 60.5 Å². The van der Waals surface area contributed by atoms with Crippen LogP contribution in [0.2, 0.25) is 0 Å². The molecule has 1 nitrogen and oxygen atoms in total. The number of hydrogen-bond acceptors (Lipinski definition) is 1. The van der Waals surface area contributed by atoms with Crippen LogP contribution in [0, 0.1) is 0 Å². The SMILES string of the molecule is [Li+].[O-]/C=C(/F)C(F)(F)F. The third kappa shape index (κ3) is 4.37. The van der Waals surface area contributed by atoms with E-state index in [1.807, 2.05) is 0 Å². The average molecular weight is 136 g/mol. The van der Waals surface area contributed by atoms with Crippen LogP contribution in [-0.4, -0.2) is 6.18 Å². The Hall–Kier alpha value is -0.143. The number of alkyl halides is 3. The molecule has 0 aliphatic carbocycles. The van der Waals surface area contributed by atoms with Gasteiger partial charge in [-0.15, -0.1) is 6.26 Å². The van der Waals surface area contributed by atoms with Crippen LogP contribution < -0.4 is 24.0 Å². The van der Waals surface area contributed by atoms with Gasteiger partial charge in [0.25, 0.3) is 0 Å². The van der Waals surface area contributed by atoms with E-state index in [1.165, 1.54) is 0 Å². The first kappa shape index (κ1) is 11.6. The fraction of sp³-hybridized carbons (Fsp3) is 0.333. The molecule has 0 aromatic carbocycles. The van der Waals surface area contributed by atoms with Gasteiger partial charge in [-0.3, -0.25) is 0 Å². The zero-order valence-electron chi connectivity index (χ0n) is 4.50. The molecule has 0 aromatic heterocycles. The van der Waals surface area contributed by atoms with E-state index >= 15 is 0 Å². The largest absolute Gasteiger partial charge is 1.00 e. The number of hydrogen-bond donors (Lipinski definition) is 0. The van der Waals surface area contributed by atoms with Gasteiger partial charge in [0.05, 0.1) is 0 Å². The van der Waals surface area contributed by atoms with Gasteiger partial charge in [-0.1, -0.05) is 0 Å². The van der Waals surface area contributed by atoms with Gasteiger partial charge in [0.1, 0.15) is 0 Å². The molecule has 0 aliphatic rings. The van der Waals surface area contributed by atoms with E-state index in [9.17, 15) is 17.6 Å². The Bertz CT molecular complexity index is 107. The van der Waals surface area contributed by atoms with E-state index in [4.69, 9.17) is 5.11 Å². The van der Waals surface area contributed by atoms with Gasteiger partial charge in [-0.05, 0) is 0 Å². The quantitative estimate of drug-likeness (QED) is 0.209. The first-order valence-corrected chi connectivity index (χ1v) is 1.53. The molecule has 0 N–H and O–H groups in total. The van der Waals surface area contributed by atoms with Crippen LogP contribution in [0.15, 0.2) is 12.1 Å². The second-order valence-corrected chi connectivity index (χ2v) is 0.964. The van der Waals surface area contributed by atoms with Crippen molar-refractivity contribution < 1.29 is 41.5 Å². The van der Waals surface area contributed by atoms with Crippen molar-refractivity contribution in [2.24, 2.45) is 0 Å². The summed E-state index contributed by atoms with van der Waals surface area (Å²) in [4.78, 5) is 0. The summed E-state index contributed by atoms with van der Waals surface area (Å²) in [5.41, 5.74) is 0. The predicted octanol–water partition coefficient (Wildman–Crippen LogP) is -2.28. The van der Waals surface area contributed by atoms with Crippen molar-refractivity contribution in [2.75, 3.05) is 0 Å². The molecular weight excluding hydrogens is 135 g/mol. The molecule has 0 aliphatic heterocycles. The Morgan fingerprint density at radius 1 is 1.33 bits per heavy atom. The minimum absolute atomic E-state index is 0. The fourth-order valence-corrected chi connectivity index (χ4v) is 0.0668. The van der Waals surface area contributed by atoms with E-state index in [2.05, 4.69) is 0 Å². The number of halogens is 4. The van der Waals surface area contributed by atoms with Crippen LogP contribution >= 0.6 is 0 Å². The molecule has 0 bridgehead atoms. The topological polar surface area (TPSA) is 23.1 Å². The van der Waals surface area contributed by atoms with Crippen molar-refractivity contribution in [1.29, 1.82) is 0 Å². The average Bonchev–Trinajstić information content (AvgIpc) is 1.62. The Kier molecular flexibility index (Phi) is 4.91. The molecule has 0 saturated heterocycles. The molecule has 0 fully saturated rings. The van der Waals surface area contributed by atoms with Crippen LogP contribution in [-0.2, 0) is 0 Å². The van der Waals surface area contributed by atoms with Crippen LogP contribution in [0.4, 0.5) is 17.6 Å². The Morgan fingerprint density at radius 3 is 1.67 bits per heavy atom. The first-order chi connectivity index (χ1) is 3.48. The van der Waals surface area contributed by atoms with E-state index in [1.54, 1.807) is 0 Å². The van der Waals surface area contributed by atoms with Crippen LogP contribution in [0.1, 0.15) is 0 Å². The van der Waals surface area contributed by atoms with Gasteiger partial charge in [0.15, 0.2) is 5.83 Å². The van der Waals surface area contributed by atoms with Gasteiger partial charge in [-0.2, -0.15) is 13.2 Å². The maximum Gasteiger partial charge on any atom is 1.00 e. The molecule has 0 spiro atoms. The molecule has 0 heterocycles. The minimum atomic E-state index is -5.11. The molecule has 0 unspecified atom stereocenters. The molecule has 0 radical (unpaired) electrons. The summed E-state index contributed by atoms with van der Waals surface area (Å²) in [6, 6.07) is 0. The maximum absolute atomic E-state index is 11.1. The molecule has 0 atom stereocenters. The predicted molar refractivity (Wildman–Crippen MR) is 15.2 cm³/mol. The van der Waals surface area contributed by atoms with Crippen molar-refractivity contribution in [3.05, 3.63) is 12.1 Å². The second kappa shape index (κ2) is 3.80. The molecule has 0 saturated carbocycles. The normalized spacial score (nSPS) is 12.7. The van der Waals surface area contributed by atoms with E-state index in [0.29, 0.717) is 0 Å². The summed E-state index contributed by atoms with van der Waals surface area (Å²) in [6.45, 7) is 0. The third-order valence-corrected chi connectivity index (χ3v) is 0.374. The van der Waals surface area contributed by atoms with Crippen molar-refractivity contribution in [3.63, 3.8) is 0 Å². The van der Waals surface area contributed by atoms with Crippen LogP contribution in [0.5, 0.6) is 0 Å². The summed E-state index contributed by atoms with van der Waals surface area (Å²) >= 11 is 0. The molecule has 9 heavy (non-hydrogen) atoms. The zero-order chi connectivity index (χ0) is 6.78. The minimum Gasteiger partial charge on any atom is -0.876 e. The standard InChI is InChI=1S/C3H2F4O.Li/c4-2(1-8)3(5,6)7;/h1,8H;/q;+1/p-1/b2-1+;. The number of rotatable bonds is 0. The molecule has 0 amide bonds. The maximum atomic E-state index is 11.1.